The quantitative estimate of drug-likeness (QED) is 0.552. The lowest BCUT2D eigenvalue weighted by Gasteiger charge is -2.10. The van der Waals surface area contributed by atoms with Crippen molar-refractivity contribution >= 4 is 10.9 Å². The summed E-state index contributed by atoms with van der Waals surface area (Å²) in [6.45, 7) is 2.14. The van der Waals surface area contributed by atoms with E-state index >= 15 is 0 Å². The van der Waals surface area contributed by atoms with Gasteiger partial charge in [-0.15, -0.1) is 0 Å². The summed E-state index contributed by atoms with van der Waals surface area (Å²) in [5.74, 6) is 0.439. The third-order valence-corrected chi connectivity index (χ3v) is 5.37. The van der Waals surface area contributed by atoms with Crippen molar-refractivity contribution in [1.82, 2.24) is 20.1 Å². The van der Waals surface area contributed by atoms with Crippen LogP contribution < -0.4 is 10.1 Å². The van der Waals surface area contributed by atoms with Crippen LogP contribution in [0.3, 0.4) is 0 Å². The molecule has 0 saturated carbocycles. The first-order valence-corrected chi connectivity index (χ1v) is 9.79. The van der Waals surface area contributed by atoms with Crippen molar-refractivity contribution in [2.75, 3.05) is 13.1 Å². The molecule has 0 amide bonds. The van der Waals surface area contributed by atoms with Crippen molar-refractivity contribution < 1.29 is 9.13 Å². The van der Waals surface area contributed by atoms with E-state index in [1.807, 2.05) is 42.7 Å². The Labute approximate surface area is 168 Å². The predicted octanol–water partition coefficient (Wildman–Crippen LogP) is 4.35. The summed E-state index contributed by atoms with van der Waals surface area (Å²) in [6.07, 6.45) is 4.76. The molecule has 1 aliphatic heterocycles. The predicted molar refractivity (Wildman–Crippen MR) is 110 cm³/mol. The van der Waals surface area contributed by atoms with E-state index in [-0.39, 0.29) is 12.4 Å². The highest BCUT2D eigenvalue weighted by molar-refractivity contribution is 5.92. The highest BCUT2D eigenvalue weighted by Crippen LogP contribution is 2.31. The van der Waals surface area contributed by atoms with Crippen molar-refractivity contribution in [1.29, 1.82) is 0 Å². The number of hydrogen-bond acceptors (Lipinski definition) is 4. The van der Waals surface area contributed by atoms with E-state index in [1.165, 1.54) is 6.07 Å². The average molecular weight is 388 g/mol. The fraction of sp³-hybridized carbons (Fsp3) is 0.217. The topological polar surface area (TPSA) is 52.0 Å². The number of rotatable bonds is 5. The van der Waals surface area contributed by atoms with Gasteiger partial charge in [-0.05, 0) is 49.4 Å². The lowest BCUT2D eigenvalue weighted by atomic mass is 10.1. The Hall–Kier alpha value is -3.25. The number of nitrogens with zero attached hydrogens (tertiary/aromatic N) is 3. The largest absolute Gasteiger partial charge is 0.489 e. The number of pyridine rings is 1. The van der Waals surface area contributed by atoms with E-state index < -0.39 is 0 Å². The van der Waals surface area contributed by atoms with Crippen molar-refractivity contribution in [3.05, 3.63) is 78.4 Å². The number of ether oxygens (including phenoxy) is 1. The Morgan fingerprint density at radius 2 is 1.97 bits per heavy atom. The summed E-state index contributed by atoms with van der Waals surface area (Å²) < 4.78 is 21.6. The molecule has 4 aromatic rings. The molecule has 2 aromatic heterocycles. The van der Waals surface area contributed by atoms with Crippen LogP contribution in [-0.2, 0) is 6.61 Å². The minimum absolute atomic E-state index is 0.197. The molecule has 0 radical (unpaired) electrons. The van der Waals surface area contributed by atoms with Gasteiger partial charge in [0.15, 0.2) is 0 Å². The molecular weight excluding hydrogens is 367 g/mol. The van der Waals surface area contributed by atoms with E-state index in [2.05, 4.69) is 15.0 Å². The first-order chi connectivity index (χ1) is 14.3. The van der Waals surface area contributed by atoms with Gasteiger partial charge >= 0.3 is 0 Å². The maximum atomic E-state index is 13.8. The molecule has 5 nitrogen and oxygen atoms in total. The van der Waals surface area contributed by atoms with E-state index in [1.54, 1.807) is 18.2 Å². The molecule has 5 rings (SSSR count). The number of nitrogens with one attached hydrogen (secondary N) is 1. The van der Waals surface area contributed by atoms with Gasteiger partial charge in [-0.2, -0.15) is 5.10 Å². The zero-order chi connectivity index (χ0) is 19.6. The van der Waals surface area contributed by atoms with Crippen LogP contribution in [0.1, 0.15) is 18.0 Å². The molecule has 1 unspecified atom stereocenters. The van der Waals surface area contributed by atoms with Gasteiger partial charge in [-0.3, -0.25) is 9.67 Å². The van der Waals surface area contributed by atoms with Crippen LogP contribution in [0.25, 0.3) is 22.2 Å². The molecule has 0 bridgehead atoms. The summed E-state index contributed by atoms with van der Waals surface area (Å²) in [4.78, 5) is 4.30. The van der Waals surface area contributed by atoms with Crippen LogP contribution in [0.2, 0.25) is 0 Å². The fourth-order valence-corrected chi connectivity index (χ4v) is 3.81. The lowest BCUT2D eigenvalue weighted by Crippen LogP contribution is -2.14. The summed E-state index contributed by atoms with van der Waals surface area (Å²) in [5.41, 5.74) is 3.56. The molecule has 1 fully saturated rings. The van der Waals surface area contributed by atoms with E-state index in [4.69, 9.17) is 9.84 Å². The van der Waals surface area contributed by atoms with Crippen molar-refractivity contribution in [3.8, 4) is 17.0 Å². The SMILES string of the molecule is Fc1ccccc1COc1ccc(-c2nn(C3CCNC3)c3ccncc23)cc1. The smallest absolute Gasteiger partial charge is 0.129 e. The standard InChI is InChI=1S/C23H21FN4O/c24-21-4-2-1-3-17(21)15-29-19-7-5-16(6-8-19)23-20-14-26-12-10-22(20)28(27-23)18-9-11-25-13-18/h1-8,10,12,14,18,25H,9,11,13,15H2. The lowest BCUT2D eigenvalue weighted by molar-refractivity contribution is 0.300. The van der Waals surface area contributed by atoms with Gasteiger partial charge in [0.25, 0.3) is 0 Å². The average Bonchev–Trinajstić information content (AvgIpc) is 3.42. The molecule has 1 atom stereocenters. The van der Waals surface area contributed by atoms with Crippen LogP contribution in [0.5, 0.6) is 5.75 Å². The Morgan fingerprint density at radius 1 is 1.10 bits per heavy atom. The number of fused-ring (bicyclic) bond motifs is 1. The zero-order valence-corrected chi connectivity index (χ0v) is 15.9. The first kappa shape index (κ1) is 17.8. The second kappa shape index (κ2) is 7.64. The Balaban J connectivity index is 1.41. The number of hydrogen-bond donors (Lipinski definition) is 1. The maximum Gasteiger partial charge on any atom is 0.129 e. The summed E-state index contributed by atoms with van der Waals surface area (Å²) in [7, 11) is 0. The van der Waals surface area contributed by atoms with Crippen LogP contribution in [0.15, 0.2) is 67.0 Å². The van der Waals surface area contributed by atoms with Gasteiger partial charge in [0.2, 0.25) is 0 Å². The van der Waals surface area contributed by atoms with Gasteiger partial charge in [-0.1, -0.05) is 18.2 Å². The van der Waals surface area contributed by atoms with Gasteiger partial charge < -0.3 is 10.1 Å². The van der Waals surface area contributed by atoms with E-state index in [0.29, 0.717) is 17.4 Å². The van der Waals surface area contributed by atoms with E-state index in [9.17, 15) is 4.39 Å². The minimum atomic E-state index is -0.255. The van der Waals surface area contributed by atoms with E-state index in [0.717, 1.165) is 41.7 Å². The van der Waals surface area contributed by atoms with Gasteiger partial charge in [0.1, 0.15) is 23.9 Å². The third-order valence-electron chi connectivity index (χ3n) is 5.37. The molecule has 2 aromatic carbocycles. The van der Waals surface area contributed by atoms with Crippen LogP contribution >= 0.6 is 0 Å². The molecular formula is C23H21FN4O. The number of benzene rings is 2. The summed E-state index contributed by atoms with van der Waals surface area (Å²) in [5, 5.41) is 9.37. The van der Waals surface area contributed by atoms with Crippen LogP contribution in [-0.4, -0.2) is 27.9 Å². The minimum Gasteiger partial charge on any atom is -0.489 e. The Kier molecular flexibility index (Phi) is 4.69. The zero-order valence-electron chi connectivity index (χ0n) is 15.9. The number of halogens is 1. The second-order valence-corrected chi connectivity index (χ2v) is 7.24. The maximum absolute atomic E-state index is 13.8. The molecule has 3 heterocycles. The van der Waals surface area contributed by atoms with Gasteiger partial charge in [0.05, 0.1) is 11.6 Å². The number of aromatic nitrogens is 3. The molecule has 6 heteroatoms. The van der Waals surface area contributed by atoms with Crippen LogP contribution in [0, 0.1) is 5.82 Å². The Morgan fingerprint density at radius 3 is 2.76 bits per heavy atom. The van der Waals surface area contributed by atoms with Gasteiger partial charge in [0, 0.05) is 35.5 Å². The summed E-state index contributed by atoms with van der Waals surface area (Å²) >= 11 is 0. The molecule has 0 aliphatic carbocycles. The van der Waals surface area contributed by atoms with Crippen LogP contribution in [0.4, 0.5) is 4.39 Å². The van der Waals surface area contributed by atoms with Crippen molar-refractivity contribution in [2.24, 2.45) is 0 Å². The molecule has 1 saturated heterocycles. The normalized spacial score (nSPS) is 16.4. The second-order valence-electron chi connectivity index (χ2n) is 7.24. The van der Waals surface area contributed by atoms with Gasteiger partial charge in [-0.25, -0.2) is 4.39 Å². The fourth-order valence-electron chi connectivity index (χ4n) is 3.81. The highest BCUT2D eigenvalue weighted by atomic mass is 19.1. The molecule has 1 aliphatic rings. The highest BCUT2D eigenvalue weighted by Gasteiger charge is 2.21. The molecule has 1 N–H and O–H groups in total. The van der Waals surface area contributed by atoms with Crippen molar-refractivity contribution in [3.63, 3.8) is 0 Å². The molecule has 29 heavy (non-hydrogen) atoms. The summed E-state index contributed by atoms with van der Waals surface area (Å²) in [6, 6.07) is 16.8. The first-order valence-electron chi connectivity index (χ1n) is 9.79. The Bertz CT molecular complexity index is 1130. The molecule has 0 spiro atoms. The van der Waals surface area contributed by atoms with Crippen molar-refractivity contribution in [2.45, 2.75) is 19.1 Å². The monoisotopic (exact) mass is 388 g/mol. The third kappa shape index (κ3) is 3.47. The molecule has 146 valence electrons.